The lowest BCUT2D eigenvalue weighted by molar-refractivity contribution is 0.106. The first-order valence-electron chi connectivity index (χ1n) is 6.44. The zero-order chi connectivity index (χ0) is 13.4. The Bertz CT molecular complexity index is 587. The monoisotopic (exact) mass is 281 g/mol. The topological polar surface area (TPSA) is 77.9 Å². The summed E-state index contributed by atoms with van der Waals surface area (Å²) in [5.74, 6) is 0.717. The largest absolute Gasteiger partial charge is 0.391 e. The standard InChI is InChI=1S/C12H16ClN5O/c1-18(8-4-2-3-5-9(8)19)11-7-6-14-17-10(7)15-12(13)16-11/h6,8-9,19H,2-5H2,1H3,(H,14,15,16,17). The summed E-state index contributed by atoms with van der Waals surface area (Å²) in [5, 5.41) is 17.9. The van der Waals surface area contributed by atoms with Crippen molar-refractivity contribution < 1.29 is 5.11 Å². The number of aliphatic hydroxyl groups excluding tert-OH is 1. The highest BCUT2D eigenvalue weighted by atomic mass is 35.5. The van der Waals surface area contributed by atoms with Gasteiger partial charge in [0.2, 0.25) is 5.28 Å². The summed E-state index contributed by atoms with van der Waals surface area (Å²) in [4.78, 5) is 10.4. The Labute approximate surface area is 115 Å². The van der Waals surface area contributed by atoms with Crippen LogP contribution in [0.1, 0.15) is 25.7 Å². The van der Waals surface area contributed by atoms with Gasteiger partial charge in [-0.3, -0.25) is 5.10 Å². The van der Waals surface area contributed by atoms with Gasteiger partial charge in [0.05, 0.1) is 23.7 Å². The van der Waals surface area contributed by atoms with Crippen molar-refractivity contribution in [2.45, 2.75) is 37.8 Å². The number of nitrogens with one attached hydrogen (secondary N) is 1. The maximum Gasteiger partial charge on any atom is 0.226 e. The van der Waals surface area contributed by atoms with Gasteiger partial charge in [-0.15, -0.1) is 0 Å². The molecule has 2 aromatic heterocycles. The zero-order valence-corrected chi connectivity index (χ0v) is 11.4. The van der Waals surface area contributed by atoms with Crippen LogP contribution < -0.4 is 4.90 Å². The van der Waals surface area contributed by atoms with Crippen LogP contribution in [0.2, 0.25) is 5.28 Å². The quantitative estimate of drug-likeness (QED) is 0.820. The van der Waals surface area contributed by atoms with Crippen molar-refractivity contribution in [2.24, 2.45) is 0 Å². The van der Waals surface area contributed by atoms with Crippen LogP contribution in [0.4, 0.5) is 5.82 Å². The van der Waals surface area contributed by atoms with E-state index in [4.69, 9.17) is 11.6 Å². The molecule has 1 aliphatic carbocycles. The molecule has 2 heterocycles. The Kier molecular flexibility index (Phi) is 3.28. The van der Waals surface area contributed by atoms with Gasteiger partial charge in [0, 0.05) is 7.05 Å². The SMILES string of the molecule is CN(c1nc(Cl)nc2[nH]ncc12)C1CCCCC1O. The average Bonchev–Trinajstić information content (AvgIpc) is 2.85. The number of rotatable bonds is 2. The van der Waals surface area contributed by atoms with Crippen molar-refractivity contribution in [3.63, 3.8) is 0 Å². The van der Waals surface area contributed by atoms with E-state index >= 15 is 0 Å². The molecule has 1 aliphatic rings. The van der Waals surface area contributed by atoms with Gasteiger partial charge in [0.15, 0.2) is 5.65 Å². The third kappa shape index (κ3) is 2.26. The lowest BCUT2D eigenvalue weighted by Gasteiger charge is -2.36. The Morgan fingerprint density at radius 2 is 2.16 bits per heavy atom. The van der Waals surface area contributed by atoms with E-state index in [1.54, 1.807) is 6.20 Å². The van der Waals surface area contributed by atoms with E-state index < -0.39 is 0 Å². The van der Waals surface area contributed by atoms with Gasteiger partial charge in [0.25, 0.3) is 0 Å². The molecule has 0 radical (unpaired) electrons. The summed E-state index contributed by atoms with van der Waals surface area (Å²) < 4.78 is 0. The minimum absolute atomic E-state index is 0.0674. The molecule has 2 aromatic rings. The Hall–Kier alpha value is -1.40. The first-order chi connectivity index (χ1) is 9.16. The van der Waals surface area contributed by atoms with Crippen LogP contribution in [0, 0.1) is 0 Å². The van der Waals surface area contributed by atoms with E-state index in [2.05, 4.69) is 20.2 Å². The molecule has 0 aromatic carbocycles. The maximum absolute atomic E-state index is 10.2. The molecule has 1 saturated carbocycles. The summed E-state index contributed by atoms with van der Waals surface area (Å²) in [7, 11) is 1.93. The number of fused-ring (bicyclic) bond motifs is 1. The van der Waals surface area contributed by atoms with Crippen molar-refractivity contribution in [1.82, 2.24) is 20.2 Å². The first kappa shape index (κ1) is 12.6. The molecule has 7 heteroatoms. The van der Waals surface area contributed by atoms with E-state index in [9.17, 15) is 5.11 Å². The number of hydrogen-bond acceptors (Lipinski definition) is 5. The van der Waals surface area contributed by atoms with E-state index in [1.165, 1.54) is 0 Å². The summed E-state index contributed by atoms with van der Waals surface area (Å²) in [5.41, 5.74) is 0.618. The van der Waals surface area contributed by atoms with Crippen LogP contribution in [0.3, 0.4) is 0 Å². The van der Waals surface area contributed by atoms with Gasteiger partial charge >= 0.3 is 0 Å². The fourth-order valence-corrected chi connectivity index (χ4v) is 2.93. The normalized spacial score (nSPS) is 23.7. The van der Waals surface area contributed by atoms with Gasteiger partial charge in [-0.25, -0.2) is 0 Å². The molecular weight excluding hydrogens is 266 g/mol. The minimum Gasteiger partial charge on any atom is -0.391 e. The number of halogens is 1. The van der Waals surface area contributed by atoms with Crippen LogP contribution in [-0.4, -0.2) is 44.5 Å². The highest BCUT2D eigenvalue weighted by Crippen LogP contribution is 2.29. The molecule has 19 heavy (non-hydrogen) atoms. The number of anilines is 1. The summed E-state index contributed by atoms with van der Waals surface area (Å²) in [6.45, 7) is 0. The summed E-state index contributed by atoms with van der Waals surface area (Å²) in [6, 6.07) is 0.0674. The molecule has 0 aliphatic heterocycles. The van der Waals surface area contributed by atoms with E-state index in [0.717, 1.165) is 36.9 Å². The number of likely N-dealkylation sites (N-methyl/N-ethyl adjacent to an activating group) is 1. The Balaban J connectivity index is 2.00. The maximum atomic E-state index is 10.2. The fraction of sp³-hybridized carbons (Fsp3) is 0.583. The van der Waals surface area contributed by atoms with Crippen molar-refractivity contribution >= 4 is 28.5 Å². The lowest BCUT2D eigenvalue weighted by Crippen LogP contribution is -2.43. The number of H-pyrrole nitrogens is 1. The molecule has 2 atom stereocenters. The van der Waals surface area contributed by atoms with Gasteiger partial charge in [-0.2, -0.15) is 15.1 Å². The summed E-state index contributed by atoms with van der Waals surface area (Å²) in [6.07, 6.45) is 5.36. The number of aliphatic hydroxyl groups is 1. The minimum atomic E-state index is -0.325. The predicted octanol–water partition coefficient (Wildman–Crippen LogP) is 1.75. The second-order valence-corrected chi connectivity index (χ2v) is 5.32. The third-order valence-corrected chi connectivity index (χ3v) is 3.96. The van der Waals surface area contributed by atoms with Crippen molar-refractivity contribution in [1.29, 1.82) is 0 Å². The number of nitrogens with zero attached hydrogens (tertiary/aromatic N) is 4. The molecule has 0 spiro atoms. The van der Waals surface area contributed by atoms with E-state index in [0.29, 0.717) is 5.65 Å². The van der Waals surface area contributed by atoms with Crippen LogP contribution in [0.5, 0.6) is 0 Å². The molecule has 2 unspecified atom stereocenters. The molecule has 3 rings (SSSR count). The zero-order valence-electron chi connectivity index (χ0n) is 10.7. The lowest BCUT2D eigenvalue weighted by atomic mass is 9.91. The van der Waals surface area contributed by atoms with Crippen molar-refractivity contribution in [2.75, 3.05) is 11.9 Å². The molecule has 0 bridgehead atoms. The smallest absolute Gasteiger partial charge is 0.226 e. The molecule has 1 fully saturated rings. The average molecular weight is 282 g/mol. The third-order valence-electron chi connectivity index (χ3n) is 3.79. The van der Waals surface area contributed by atoms with Gasteiger partial charge in [-0.1, -0.05) is 12.8 Å². The van der Waals surface area contributed by atoms with Crippen LogP contribution in [0.15, 0.2) is 6.20 Å². The fourth-order valence-electron chi connectivity index (χ4n) is 2.76. The van der Waals surface area contributed by atoms with Crippen LogP contribution in [-0.2, 0) is 0 Å². The second-order valence-electron chi connectivity index (χ2n) is 4.98. The molecule has 6 nitrogen and oxygen atoms in total. The first-order valence-corrected chi connectivity index (χ1v) is 6.82. The van der Waals surface area contributed by atoms with Crippen molar-refractivity contribution in [3.05, 3.63) is 11.5 Å². The van der Waals surface area contributed by atoms with Crippen molar-refractivity contribution in [3.8, 4) is 0 Å². The number of aromatic nitrogens is 4. The highest BCUT2D eigenvalue weighted by molar-refractivity contribution is 6.28. The Morgan fingerprint density at radius 3 is 2.95 bits per heavy atom. The van der Waals surface area contributed by atoms with Gasteiger partial charge < -0.3 is 10.0 Å². The predicted molar refractivity (Wildman–Crippen MR) is 73.4 cm³/mol. The van der Waals surface area contributed by atoms with Crippen LogP contribution in [0.25, 0.3) is 11.0 Å². The Morgan fingerprint density at radius 1 is 1.37 bits per heavy atom. The molecule has 0 saturated heterocycles. The molecule has 0 amide bonds. The van der Waals surface area contributed by atoms with E-state index in [-0.39, 0.29) is 17.4 Å². The number of hydrogen-bond donors (Lipinski definition) is 2. The van der Waals surface area contributed by atoms with E-state index in [1.807, 2.05) is 11.9 Å². The van der Waals surface area contributed by atoms with Crippen LogP contribution >= 0.6 is 11.6 Å². The van der Waals surface area contributed by atoms with Gasteiger partial charge in [-0.05, 0) is 24.4 Å². The number of aromatic amines is 1. The van der Waals surface area contributed by atoms with Gasteiger partial charge in [0.1, 0.15) is 5.82 Å². The summed E-state index contributed by atoms with van der Waals surface area (Å²) >= 11 is 5.94. The molecule has 102 valence electrons. The second kappa shape index (κ2) is 4.94. The molecular formula is C12H16ClN5O. The highest BCUT2D eigenvalue weighted by Gasteiger charge is 2.28. The molecule has 2 N–H and O–H groups in total.